The lowest BCUT2D eigenvalue weighted by Crippen LogP contribution is -2.26. The molecule has 1 rings (SSSR count). The van der Waals surface area contributed by atoms with Gasteiger partial charge in [0.15, 0.2) is 6.10 Å². The Hall–Kier alpha value is -2.21. The lowest BCUT2D eigenvalue weighted by molar-refractivity contribution is -0.385. The maximum Gasteiger partial charge on any atom is 0.340 e. The highest BCUT2D eigenvalue weighted by molar-refractivity contribution is 5.78. The topological polar surface area (TPSA) is 78.7 Å². The Morgan fingerprint density at radius 3 is 2.85 bits per heavy atom. The van der Waals surface area contributed by atoms with E-state index in [9.17, 15) is 14.9 Å². The van der Waals surface area contributed by atoms with Gasteiger partial charge in [-0.2, -0.15) is 0 Å². The Morgan fingerprint density at radius 2 is 2.25 bits per heavy atom. The molecule has 0 amide bonds. The molecule has 6 heteroatoms. The van der Waals surface area contributed by atoms with Crippen LogP contribution in [0, 0.1) is 17.0 Å². The van der Waals surface area contributed by atoms with Gasteiger partial charge >= 0.3 is 11.7 Å². The van der Waals surface area contributed by atoms with Crippen LogP contribution in [-0.4, -0.2) is 23.6 Å². The lowest BCUT2D eigenvalue weighted by atomic mass is 10.2. The number of nitro benzene ring substituents is 1. The summed E-state index contributed by atoms with van der Waals surface area (Å²) in [6.07, 6.45) is 1.49. The molecule has 0 aliphatic heterocycles. The number of hydrogen-bond donors (Lipinski definition) is 0. The first-order chi connectivity index (χ1) is 9.45. The molecule has 1 unspecified atom stereocenters. The second-order valence-electron chi connectivity index (χ2n) is 4.24. The van der Waals surface area contributed by atoms with Crippen molar-refractivity contribution in [3.63, 3.8) is 0 Å². The van der Waals surface area contributed by atoms with Gasteiger partial charge in [0, 0.05) is 6.07 Å². The molecule has 0 fully saturated rings. The standard InChI is InChI=1S/C14H17NO5/c1-4-5-8-19-11(3)14(16)20-13-7-6-10(2)9-12(13)15(17)18/h4,6-7,9,11H,1,5,8H2,2-3H3. The highest BCUT2D eigenvalue weighted by Crippen LogP contribution is 2.28. The summed E-state index contributed by atoms with van der Waals surface area (Å²) in [6, 6.07) is 4.40. The summed E-state index contributed by atoms with van der Waals surface area (Å²) in [5.41, 5.74) is 0.475. The second-order valence-corrected chi connectivity index (χ2v) is 4.24. The molecule has 6 nitrogen and oxygen atoms in total. The van der Waals surface area contributed by atoms with Gasteiger partial charge in [-0.1, -0.05) is 12.1 Å². The van der Waals surface area contributed by atoms with Crippen LogP contribution in [0.2, 0.25) is 0 Å². The maximum atomic E-state index is 11.8. The fourth-order valence-corrected chi connectivity index (χ4v) is 1.44. The van der Waals surface area contributed by atoms with E-state index in [0.29, 0.717) is 18.6 Å². The number of carbonyl (C=O) groups excluding carboxylic acids is 1. The van der Waals surface area contributed by atoms with Crippen molar-refractivity contribution in [1.82, 2.24) is 0 Å². The van der Waals surface area contributed by atoms with Crippen LogP contribution in [0.4, 0.5) is 5.69 Å². The van der Waals surface area contributed by atoms with Gasteiger partial charge in [-0.15, -0.1) is 6.58 Å². The highest BCUT2D eigenvalue weighted by atomic mass is 16.6. The van der Waals surface area contributed by atoms with Crippen molar-refractivity contribution < 1.29 is 19.2 Å². The van der Waals surface area contributed by atoms with Crippen molar-refractivity contribution in [3.8, 4) is 5.75 Å². The van der Waals surface area contributed by atoms with E-state index in [2.05, 4.69) is 6.58 Å². The minimum atomic E-state index is -0.796. The van der Waals surface area contributed by atoms with Crippen molar-refractivity contribution in [2.75, 3.05) is 6.61 Å². The van der Waals surface area contributed by atoms with E-state index in [4.69, 9.17) is 9.47 Å². The van der Waals surface area contributed by atoms with Crippen LogP contribution < -0.4 is 4.74 Å². The van der Waals surface area contributed by atoms with E-state index in [1.165, 1.54) is 19.1 Å². The van der Waals surface area contributed by atoms with Crippen LogP contribution in [0.5, 0.6) is 5.75 Å². The zero-order valence-electron chi connectivity index (χ0n) is 11.5. The third-order valence-corrected chi connectivity index (χ3v) is 2.54. The molecular formula is C14H17NO5. The first kappa shape index (κ1) is 15.8. The fourth-order valence-electron chi connectivity index (χ4n) is 1.44. The van der Waals surface area contributed by atoms with Crippen molar-refractivity contribution in [2.45, 2.75) is 26.4 Å². The Bertz CT molecular complexity index is 512. The number of esters is 1. The molecule has 108 valence electrons. The van der Waals surface area contributed by atoms with E-state index >= 15 is 0 Å². The normalized spacial score (nSPS) is 11.7. The average Bonchev–Trinajstić information content (AvgIpc) is 2.40. The maximum absolute atomic E-state index is 11.8. The Balaban J connectivity index is 2.75. The molecule has 0 aromatic heterocycles. The van der Waals surface area contributed by atoms with Gasteiger partial charge in [0.1, 0.15) is 0 Å². The third kappa shape index (κ3) is 4.47. The fraction of sp³-hybridized carbons (Fsp3) is 0.357. The predicted molar refractivity (Wildman–Crippen MR) is 73.7 cm³/mol. The Morgan fingerprint density at radius 1 is 1.55 bits per heavy atom. The molecule has 0 aliphatic rings. The molecule has 0 bridgehead atoms. The van der Waals surface area contributed by atoms with Crippen LogP contribution in [0.15, 0.2) is 30.9 Å². The number of carbonyl (C=O) groups is 1. The van der Waals surface area contributed by atoms with Crippen molar-refractivity contribution in [3.05, 3.63) is 46.5 Å². The smallest absolute Gasteiger partial charge is 0.340 e. The Kier molecular flexibility index (Phi) is 5.86. The zero-order valence-corrected chi connectivity index (χ0v) is 11.5. The minimum absolute atomic E-state index is 0.0789. The first-order valence-corrected chi connectivity index (χ1v) is 6.15. The van der Waals surface area contributed by atoms with Crippen LogP contribution in [0.3, 0.4) is 0 Å². The number of rotatable bonds is 7. The summed E-state index contributed by atoms with van der Waals surface area (Å²) < 4.78 is 10.2. The van der Waals surface area contributed by atoms with Gasteiger partial charge in [0.05, 0.1) is 11.5 Å². The largest absolute Gasteiger partial charge is 0.417 e. The quantitative estimate of drug-likeness (QED) is 0.191. The zero-order chi connectivity index (χ0) is 15.1. The number of nitrogens with zero attached hydrogens (tertiary/aromatic N) is 1. The van der Waals surface area contributed by atoms with Crippen molar-refractivity contribution in [2.24, 2.45) is 0 Å². The van der Waals surface area contributed by atoms with E-state index in [1.807, 2.05) is 0 Å². The van der Waals surface area contributed by atoms with Gasteiger partial charge in [0.2, 0.25) is 5.75 Å². The van der Waals surface area contributed by atoms with Gasteiger partial charge in [-0.3, -0.25) is 10.1 Å². The molecule has 0 aliphatic carbocycles. The van der Waals surface area contributed by atoms with E-state index in [1.54, 1.807) is 19.1 Å². The van der Waals surface area contributed by atoms with Crippen molar-refractivity contribution in [1.29, 1.82) is 0 Å². The summed E-state index contributed by atoms with van der Waals surface area (Å²) >= 11 is 0. The molecule has 0 heterocycles. The van der Waals surface area contributed by atoms with Crippen molar-refractivity contribution >= 4 is 11.7 Å². The number of aryl methyl sites for hydroxylation is 1. The molecular weight excluding hydrogens is 262 g/mol. The van der Waals surface area contributed by atoms with Crippen LogP contribution in [0.1, 0.15) is 18.9 Å². The van der Waals surface area contributed by atoms with E-state index in [0.717, 1.165) is 0 Å². The predicted octanol–water partition coefficient (Wildman–Crippen LogP) is 2.79. The molecule has 1 aromatic carbocycles. The van der Waals surface area contributed by atoms with E-state index in [-0.39, 0.29) is 11.4 Å². The minimum Gasteiger partial charge on any atom is -0.417 e. The first-order valence-electron chi connectivity index (χ1n) is 6.15. The molecule has 1 aromatic rings. The number of nitro groups is 1. The molecule has 0 spiro atoms. The van der Waals surface area contributed by atoms with Crippen LogP contribution >= 0.6 is 0 Å². The summed E-state index contributed by atoms with van der Waals surface area (Å²) in [6.45, 7) is 7.14. The van der Waals surface area contributed by atoms with Gasteiger partial charge < -0.3 is 9.47 Å². The van der Waals surface area contributed by atoms with Crippen LogP contribution in [-0.2, 0) is 9.53 Å². The molecule has 0 radical (unpaired) electrons. The second kappa shape index (κ2) is 7.40. The van der Waals surface area contributed by atoms with Gasteiger partial charge in [-0.25, -0.2) is 4.79 Å². The number of ether oxygens (including phenoxy) is 2. The third-order valence-electron chi connectivity index (χ3n) is 2.54. The Labute approximate surface area is 117 Å². The molecule has 20 heavy (non-hydrogen) atoms. The molecule has 0 N–H and O–H groups in total. The summed E-state index contributed by atoms with van der Waals surface area (Å²) in [4.78, 5) is 22.1. The van der Waals surface area contributed by atoms with Crippen LogP contribution in [0.25, 0.3) is 0 Å². The average molecular weight is 279 g/mol. The number of benzene rings is 1. The summed E-state index contributed by atoms with van der Waals surface area (Å²) in [5, 5.41) is 10.9. The molecule has 0 saturated carbocycles. The van der Waals surface area contributed by atoms with Gasteiger partial charge in [-0.05, 0) is 31.9 Å². The molecule has 0 saturated heterocycles. The van der Waals surface area contributed by atoms with E-state index < -0.39 is 17.0 Å². The lowest BCUT2D eigenvalue weighted by Gasteiger charge is -2.12. The number of hydrogen-bond acceptors (Lipinski definition) is 5. The summed E-state index contributed by atoms with van der Waals surface area (Å²) in [7, 11) is 0. The van der Waals surface area contributed by atoms with Gasteiger partial charge in [0.25, 0.3) is 0 Å². The SMILES string of the molecule is C=CCCOC(C)C(=O)Oc1ccc(C)cc1[N+](=O)[O-]. The highest BCUT2D eigenvalue weighted by Gasteiger charge is 2.21. The molecule has 1 atom stereocenters. The summed E-state index contributed by atoms with van der Waals surface area (Å²) in [5.74, 6) is -0.745. The monoisotopic (exact) mass is 279 g/mol.